The van der Waals surface area contributed by atoms with Crippen LogP contribution in [0.5, 0.6) is 0 Å². The van der Waals surface area contributed by atoms with Gasteiger partial charge in [0.15, 0.2) is 0 Å². The van der Waals surface area contributed by atoms with E-state index in [0.29, 0.717) is 18.3 Å². The Labute approximate surface area is 111 Å². The Morgan fingerprint density at radius 1 is 1.63 bits per heavy atom. The van der Waals surface area contributed by atoms with Gasteiger partial charge in [0, 0.05) is 19.2 Å². The molecule has 4 N–H and O–H groups in total. The summed E-state index contributed by atoms with van der Waals surface area (Å²) in [5.41, 5.74) is 2.35. The average Bonchev–Trinajstić information content (AvgIpc) is 2.81. The number of nitrogens with zero attached hydrogens (tertiary/aromatic N) is 3. The standard InChI is InChI=1S/C11H18N6O2/c1-16-5-4-8(7-16)6-13-11-9(17(18)19)2-3-10(14-11)15-12/h2-3,8H,4-7,12H2,1H3,(H2,13,14,15). The van der Waals surface area contributed by atoms with Crippen LogP contribution in [0.15, 0.2) is 12.1 Å². The number of rotatable bonds is 5. The van der Waals surface area contributed by atoms with E-state index in [-0.39, 0.29) is 11.5 Å². The Morgan fingerprint density at radius 2 is 2.42 bits per heavy atom. The Balaban J connectivity index is 2.06. The third-order valence-electron chi connectivity index (χ3n) is 3.27. The maximum absolute atomic E-state index is 10.9. The molecule has 0 bridgehead atoms. The lowest BCUT2D eigenvalue weighted by Gasteiger charge is -2.12. The summed E-state index contributed by atoms with van der Waals surface area (Å²) in [6.45, 7) is 2.73. The minimum Gasteiger partial charge on any atom is -0.364 e. The number of aromatic nitrogens is 1. The lowest BCUT2D eigenvalue weighted by atomic mass is 10.1. The number of nitrogens with one attached hydrogen (secondary N) is 2. The van der Waals surface area contributed by atoms with Gasteiger partial charge >= 0.3 is 5.69 Å². The van der Waals surface area contributed by atoms with Gasteiger partial charge in [-0.1, -0.05) is 0 Å². The van der Waals surface area contributed by atoms with Gasteiger partial charge in [0.05, 0.1) is 4.92 Å². The van der Waals surface area contributed by atoms with E-state index in [4.69, 9.17) is 5.84 Å². The Bertz CT molecular complexity index is 466. The van der Waals surface area contributed by atoms with Crippen LogP contribution < -0.4 is 16.6 Å². The van der Waals surface area contributed by atoms with Gasteiger partial charge < -0.3 is 15.6 Å². The molecule has 0 amide bonds. The predicted molar refractivity (Wildman–Crippen MR) is 72.8 cm³/mol. The average molecular weight is 266 g/mol. The van der Waals surface area contributed by atoms with Crippen LogP contribution in [0.4, 0.5) is 17.3 Å². The molecule has 1 saturated heterocycles. The highest BCUT2D eigenvalue weighted by Gasteiger charge is 2.21. The van der Waals surface area contributed by atoms with Crippen molar-refractivity contribution < 1.29 is 4.92 Å². The van der Waals surface area contributed by atoms with Crippen molar-refractivity contribution in [2.75, 3.05) is 37.4 Å². The summed E-state index contributed by atoms with van der Waals surface area (Å²) < 4.78 is 0. The van der Waals surface area contributed by atoms with Crippen molar-refractivity contribution in [2.24, 2.45) is 11.8 Å². The molecular formula is C11H18N6O2. The monoisotopic (exact) mass is 266 g/mol. The van der Waals surface area contributed by atoms with Gasteiger partial charge in [-0.05, 0) is 32.0 Å². The van der Waals surface area contributed by atoms with Gasteiger partial charge in [-0.2, -0.15) is 0 Å². The van der Waals surface area contributed by atoms with Gasteiger partial charge in [0.2, 0.25) is 5.82 Å². The number of pyridine rings is 1. The third kappa shape index (κ3) is 3.30. The fraction of sp³-hybridized carbons (Fsp3) is 0.545. The third-order valence-corrected chi connectivity index (χ3v) is 3.27. The second kappa shape index (κ2) is 5.81. The molecule has 1 aliphatic heterocycles. The summed E-state index contributed by atoms with van der Waals surface area (Å²) in [5.74, 6) is 6.41. The molecule has 1 aliphatic rings. The van der Waals surface area contributed by atoms with Crippen molar-refractivity contribution in [3.8, 4) is 0 Å². The zero-order chi connectivity index (χ0) is 13.8. The highest BCUT2D eigenvalue weighted by molar-refractivity contribution is 5.59. The zero-order valence-corrected chi connectivity index (χ0v) is 10.8. The molecule has 2 heterocycles. The van der Waals surface area contributed by atoms with Crippen LogP contribution in [0.2, 0.25) is 0 Å². The van der Waals surface area contributed by atoms with Gasteiger partial charge in [-0.15, -0.1) is 0 Å². The van der Waals surface area contributed by atoms with Crippen LogP contribution in [0.25, 0.3) is 0 Å². The summed E-state index contributed by atoms with van der Waals surface area (Å²) in [4.78, 5) is 16.8. The van der Waals surface area contributed by atoms with Crippen LogP contribution >= 0.6 is 0 Å². The Hall–Kier alpha value is -1.93. The first kappa shape index (κ1) is 13.5. The normalized spacial score (nSPS) is 19.4. The summed E-state index contributed by atoms with van der Waals surface area (Å²) in [6.07, 6.45) is 1.09. The lowest BCUT2D eigenvalue weighted by Crippen LogP contribution is -2.20. The van der Waals surface area contributed by atoms with E-state index in [2.05, 4.69) is 27.7 Å². The molecule has 1 aromatic heterocycles. The van der Waals surface area contributed by atoms with Gasteiger partial charge in [-0.3, -0.25) is 10.1 Å². The molecule has 1 atom stereocenters. The van der Waals surface area contributed by atoms with E-state index in [9.17, 15) is 10.1 Å². The van der Waals surface area contributed by atoms with Crippen molar-refractivity contribution in [3.63, 3.8) is 0 Å². The maximum Gasteiger partial charge on any atom is 0.311 e. The number of hydrazine groups is 1. The number of nitrogen functional groups attached to an aromatic ring is 1. The highest BCUT2D eigenvalue weighted by Crippen LogP contribution is 2.24. The fourth-order valence-electron chi connectivity index (χ4n) is 2.24. The number of anilines is 2. The van der Waals surface area contributed by atoms with Crippen molar-refractivity contribution in [1.82, 2.24) is 9.88 Å². The summed E-state index contributed by atoms with van der Waals surface area (Å²) in [6, 6.07) is 2.87. The van der Waals surface area contributed by atoms with Crippen molar-refractivity contribution in [2.45, 2.75) is 6.42 Å². The first-order valence-electron chi connectivity index (χ1n) is 6.14. The quantitative estimate of drug-likeness (QED) is 0.407. The molecule has 1 fully saturated rings. The number of hydrogen-bond donors (Lipinski definition) is 3. The predicted octanol–water partition coefficient (Wildman–Crippen LogP) is 0.639. The SMILES string of the molecule is CN1CCC(CNc2nc(NN)ccc2[N+](=O)[O-])C1. The topological polar surface area (TPSA) is 109 Å². The molecule has 2 rings (SSSR count). The van der Waals surface area contributed by atoms with Crippen molar-refractivity contribution in [1.29, 1.82) is 0 Å². The van der Waals surface area contributed by atoms with Gasteiger partial charge in [0.25, 0.3) is 0 Å². The highest BCUT2D eigenvalue weighted by atomic mass is 16.6. The molecule has 19 heavy (non-hydrogen) atoms. The molecule has 104 valence electrons. The first-order valence-corrected chi connectivity index (χ1v) is 6.14. The summed E-state index contributed by atoms with van der Waals surface area (Å²) in [7, 11) is 2.07. The molecule has 0 spiro atoms. The smallest absolute Gasteiger partial charge is 0.311 e. The first-order chi connectivity index (χ1) is 9.10. The van der Waals surface area contributed by atoms with Crippen LogP contribution in [0.1, 0.15) is 6.42 Å². The number of nitrogens with two attached hydrogens (primary N) is 1. The molecule has 0 aliphatic carbocycles. The molecule has 1 unspecified atom stereocenters. The van der Waals surface area contributed by atoms with Gasteiger partial charge in [-0.25, -0.2) is 10.8 Å². The molecule has 8 nitrogen and oxygen atoms in total. The lowest BCUT2D eigenvalue weighted by molar-refractivity contribution is -0.384. The Kier molecular flexibility index (Phi) is 4.13. The zero-order valence-electron chi connectivity index (χ0n) is 10.8. The minimum atomic E-state index is -0.448. The van der Waals surface area contributed by atoms with Crippen LogP contribution in [0, 0.1) is 16.0 Å². The second-order valence-electron chi connectivity index (χ2n) is 4.76. The molecule has 0 radical (unpaired) electrons. The Morgan fingerprint density at radius 3 is 3.00 bits per heavy atom. The minimum absolute atomic E-state index is 0.0367. The van der Waals surface area contributed by atoms with E-state index < -0.39 is 4.92 Å². The van der Waals surface area contributed by atoms with Crippen LogP contribution in [0.3, 0.4) is 0 Å². The fourth-order valence-corrected chi connectivity index (χ4v) is 2.24. The molecule has 0 aromatic carbocycles. The second-order valence-corrected chi connectivity index (χ2v) is 4.76. The van der Waals surface area contributed by atoms with E-state index in [0.717, 1.165) is 19.5 Å². The molecule has 1 aromatic rings. The van der Waals surface area contributed by atoms with Crippen LogP contribution in [-0.4, -0.2) is 41.5 Å². The number of hydrogen-bond acceptors (Lipinski definition) is 7. The number of likely N-dealkylation sites (tertiary alicyclic amines) is 1. The summed E-state index contributed by atoms with van der Waals surface area (Å²) >= 11 is 0. The molecule has 8 heteroatoms. The maximum atomic E-state index is 10.9. The molecular weight excluding hydrogens is 248 g/mol. The van der Waals surface area contributed by atoms with Crippen LogP contribution in [-0.2, 0) is 0 Å². The number of nitro groups is 1. The van der Waals surface area contributed by atoms with E-state index in [1.165, 1.54) is 12.1 Å². The van der Waals surface area contributed by atoms with Crippen molar-refractivity contribution >= 4 is 17.3 Å². The van der Waals surface area contributed by atoms with Gasteiger partial charge in [0.1, 0.15) is 5.82 Å². The summed E-state index contributed by atoms with van der Waals surface area (Å²) in [5, 5.41) is 14.0. The largest absolute Gasteiger partial charge is 0.364 e. The van der Waals surface area contributed by atoms with E-state index in [1.54, 1.807) is 0 Å². The van der Waals surface area contributed by atoms with Crippen molar-refractivity contribution in [3.05, 3.63) is 22.2 Å². The van der Waals surface area contributed by atoms with E-state index >= 15 is 0 Å². The molecule has 0 saturated carbocycles. The van der Waals surface area contributed by atoms with E-state index in [1.807, 2.05) is 0 Å².